The maximum absolute atomic E-state index is 3.60. The highest BCUT2D eigenvalue weighted by atomic mass is 27.0. The predicted molar refractivity (Wildman–Crippen MR) is 39.7 cm³/mol. The van der Waals surface area contributed by atoms with Gasteiger partial charge in [-0.2, -0.15) is 0 Å². The van der Waals surface area contributed by atoms with Crippen LogP contribution in [0.2, 0.25) is 0 Å². The molecule has 0 saturated carbocycles. The molecule has 0 radical (unpaired) electrons. The number of unbranched alkanes of at least 4 members (excludes halogenated alkanes) is 2. The van der Waals surface area contributed by atoms with E-state index in [4.69, 9.17) is 0 Å². The molecule has 0 amide bonds. The molecule has 0 spiro atoms. The number of rotatable bonds is 3. The normalized spacial score (nSPS) is 7.00. The van der Waals surface area contributed by atoms with Crippen LogP contribution < -0.4 is 0 Å². The lowest BCUT2D eigenvalue weighted by Gasteiger charge is -1.81. The first-order chi connectivity index (χ1) is 2.91. The van der Waals surface area contributed by atoms with E-state index in [9.17, 15) is 0 Å². The van der Waals surface area contributed by atoms with Gasteiger partial charge in [0.2, 0.25) is 0 Å². The molecule has 1 heteroatoms. The lowest BCUT2D eigenvalue weighted by atomic mass is 10.3. The Labute approximate surface area is 56.7 Å². The Hall–Kier alpha value is 0.272. The van der Waals surface area contributed by atoms with E-state index in [2.05, 4.69) is 13.5 Å². The predicted octanol–water partition coefficient (Wildman–Crippen LogP) is 1.18. The Balaban J connectivity index is 0. The van der Waals surface area contributed by atoms with Gasteiger partial charge in [0.25, 0.3) is 0 Å². The minimum absolute atomic E-state index is 0. The van der Waals surface area contributed by atoms with Gasteiger partial charge in [-0.3, -0.25) is 0 Å². The highest BCUT2D eigenvalue weighted by Gasteiger charge is 1.71. The molecule has 0 saturated heterocycles. The van der Waals surface area contributed by atoms with E-state index < -0.39 is 0 Å². The Kier molecular flexibility index (Phi) is 14.0. The summed E-state index contributed by atoms with van der Waals surface area (Å²) in [6.45, 7) is 5.78. The van der Waals surface area contributed by atoms with E-state index in [-0.39, 0.29) is 17.4 Å². The molecule has 0 aromatic rings. The third-order valence-electron chi connectivity index (χ3n) is 0.762. The molecule has 0 aromatic carbocycles. The quantitative estimate of drug-likeness (QED) is 0.293. The summed E-state index contributed by atoms with van der Waals surface area (Å²) in [4.78, 5) is 0. The van der Waals surface area contributed by atoms with Crippen molar-refractivity contribution < 1.29 is 0 Å². The zero-order valence-corrected chi connectivity index (χ0v) is 4.41. The summed E-state index contributed by atoms with van der Waals surface area (Å²) in [5, 5.41) is 0. The molecular formula is C6H15Al. The summed E-state index contributed by atoms with van der Waals surface area (Å²) >= 11 is 0. The smallest absolute Gasteiger partial charge is 0.103 e. The molecule has 0 fully saturated rings. The fourth-order valence-electron chi connectivity index (χ4n) is 0.348. The molecule has 0 heterocycles. The van der Waals surface area contributed by atoms with Crippen molar-refractivity contribution in [2.24, 2.45) is 0 Å². The average molecular weight is 114 g/mol. The molecular weight excluding hydrogens is 99.0 g/mol. The SMILES string of the molecule is C=CCCCC.[AlH3]. The van der Waals surface area contributed by atoms with Crippen LogP contribution in [0, 0.1) is 0 Å². The van der Waals surface area contributed by atoms with E-state index in [1.165, 1.54) is 19.3 Å². The van der Waals surface area contributed by atoms with Gasteiger partial charge < -0.3 is 0 Å². The molecule has 0 aliphatic carbocycles. The second-order valence-corrected chi connectivity index (χ2v) is 1.43. The maximum atomic E-state index is 3.60. The van der Waals surface area contributed by atoms with Crippen molar-refractivity contribution in [3.05, 3.63) is 12.7 Å². The monoisotopic (exact) mass is 114 g/mol. The van der Waals surface area contributed by atoms with Crippen molar-refractivity contribution in [3.63, 3.8) is 0 Å². The third-order valence-corrected chi connectivity index (χ3v) is 0.762. The van der Waals surface area contributed by atoms with Crippen LogP contribution in [-0.2, 0) is 0 Å². The zero-order valence-electron chi connectivity index (χ0n) is 4.41. The van der Waals surface area contributed by atoms with Crippen molar-refractivity contribution in [3.8, 4) is 0 Å². The molecule has 0 rings (SSSR count). The Morgan fingerprint density at radius 2 is 2.14 bits per heavy atom. The highest BCUT2D eigenvalue weighted by molar-refractivity contribution is 5.75. The molecule has 0 unspecified atom stereocenters. The van der Waals surface area contributed by atoms with Gasteiger partial charge >= 0.3 is 0 Å². The van der Waals surface area contributed by atoms with Crippen LogP contribution in [0.15, 0.2) is 12.7 Å². The van der Waals surface area contributed by atoms with Gasteiger partial charge in [-0.1, -0.05) is 25.8 Å². The first-order valence-electron chi connectivity index (χ1n) is 2.52. The summed E-state index contributed by atoms with van der Waals surface area (Å²) in [6.07, 6.45) is 5.72. The Bertz CT molecular complexity index is 33.2. The summed E-state index contributed by atoms with van der Waals surface area (Å²) in [7, 11) is 0. The molecule has 0 N–H and O–H groups in total. The van der Waals surface area contributed by atoms with Crippen LogP contribution in [0.5, 0.6) is 0 Å². The standard InChI is InChI=1S/C6H12.Al.3H/c1-3-5-6-4-2;;;;/h3H,1,4-6H2,2H3;;;;. The summed E-state index contributed by atoms with van der Waals surface area (Å²) in [5.74, 6) is 0. The van der Waals surface area contributed by atoms with Crippen LogP contribution in [0.3, 0.4) is 0 Å². The van der Waals surface area contributed by atoms with Gasteiger partial charge in [0.1, 0.15) is 0 Å². The Morgan fingerprint density at radius 3 is 2.29 bits per heavy atom. The van der Waals surface area contributed by atoms with Crippen molar-refractivity contribution in [1.29, 1.82) is 0 Å². The average Bonchev–Trinajstić information content (AvgIpc) is 1.61. The molecule has 42 valence electrons. The van der Waals surface area contributed by atoms with Crippen molar-refractivity contribution >= 4 is 17.4 Å². The maximum Gasteiger partial charge on any atom is 0.187 e. The Morgan fingerprint density at radius 1 is 1.57 bits per heavy atom. The van der Waals surface area contributed by atoms with Gasteiger partial charge in [-0.25, -0.2) is 0 Å². The van der Waals surface area contributed by atoms with E-state index in [1.54, 1.807) is 0 Å². The van der Waals surface area contributed by atoms with E-state index in [0.717, 1.165) is 0 Å². The van der Waals surface area contributed by atoms with Gasteiger partial charge in [-0.15, -0.1) is 6.58 Å². The first-order valence-corrected chi connectivity index (χ1v) is 2.52. The fraction of sp³-hybridized carbons (Fsp3) is 0.667. The molecule has 0 aliphatic heterocycles. The molecule has 0 nitrogen and oxygen atoms in total. The van der Waals surface area contributed by atoms with Crippen molar-refractivity contribution in [1.82, 2.24) is 0 Å². The second kappa shape index (κ2) is 9.55. The van der Waals surface area contributed by atoms with E-state index in [1.807, 2.05) is 6.08 Å². The van der Waals surface area contributed by atoms with Crippen molar-refractivity contribution in [2.75, 3.05) is 0 Å². The minimum atomic E-state index is 0. The number of allylic oxidation sites excluding steroid dienone is 1. The second-order valence-electron chi connectivity index (χ2n) is 1.43. The van der Waals surface area contributed by atoms with Crippen LogP contribution >= 0.6 is 0 Å². The van der Waals surface area contributed by atoms with E-state index >= 15 is 0 Å². The molecule has 0 aliphatic rings. The minimum Gasteiger partial charge on any atom is -0.103 e. The van der Waals surface area contributed by atoms with Gasteiger partial charge in [0.05, 0.1) is 0 Å². The molecule has 0 aromatic heterocycles. The van der Waals surface area contributed by atoms with Crippen LogP contribution in [0.25, 0.3) is 0 Å². The van der Waals surface area contributed by atoms with Gasteiger partial charge in [0, 0.05) is 0 Å². The van der Waals surface area contributed by atoms with Gasteiger partial charge in [0.15, 0.2) is 17.4 Å². The molecule has 7 heavy (non-hydrogen) atoms. The van der Waals surface area contributed by atoms with Crippen LogP contribution in [-0.4, -0.2) is 17.4 Å². The first kappa shape index (κ1) is 10.3. The van der Waals surface area contributed by atoms with E-state index in [0.29, 0.717) is 0 Å². The van der Waals surface area contributed by atoms with Crippen LogP contribution in [0.4, 0.5) is 0 Å². The lowest BCUT2D eigenvalue weighted by Crippen LogP contribution is -1.61. The number of hydrogen-bond donors (Lipinski definition) is 0. The van der Waals surface area contributed by atoms with Crippen LogP contribution in [0.1, 0.15) is 26.2 Å². The highest BCUT2D eigenvalue weighted by Crippen LogP contribution is 1.91. The summed E-state index contributed by atoms with van der Waals surface area (Å²) in [6, 6.07) is 0. The van der Waals surface area contributed by atoms with Crippen molar-refractivity contribution in [2.45, 2.75) is 26.2 Å². The number of hydrogen-bond acceptors (Lipinski definition) is 0. The van der Waals surface area contributed by atoms with Gasteiger partial charge in [-0.05, 0) is 6.42 Å². The molecule has 0 bridgehead atoms. The summed E-state index contributed by atoms with van der Waals surface area (Å²) in [5.41, 5.74) is 0. The largest absolute Gasteiger partial charge is 0.187 e. The fourth-order valence-corrected chi connectivity index (χ4v) is 0.348. The lowest BCUT2D eigenvalue weighted by molar-refractivity contribution is 0.816. The topological polar surface area (TPSA) is 0 Å². The zero-order chi connectivity index (χ0) is 4.83. The molecule has 0 atom stereocenters. The summed E-state index contributed by atoms with van der Waals surface area (Å²) < 4.78 is 0. The third kappa shape index (κ3) is 10.7.